The summed E-state index contributed by atoms with van der Waals surface area (Å²) in [7, 11) is 0. The molecular weight excluding hydrogens is 242 g/mol. The molecule has 5 N–H and O–H groups in total. The Labute approximate surface area is 114 Å². The number of rotatable bonds is 8. The maximum Gasteiger partial charge on any atom is 0.250 e. The van der Waals surface area contributed by atoms with E-state index in [0.29, 0.717) is 17.2 Å². The minimum atomic E-state index is -0.513. The molecule has 5 nitrogen and oxygen atoms in total. The van der Waals surface area contributed by atoms with Crippen LogP contribution in [0.4, 0.5) is 11.4 Å². The zero-order valence-electron chi connectivity index (χ0n) is 11.6. The zero-order valence-corrected chi connectivity index (χ0v) is 11.6. The van der Waals surface area contributed by atoms with Gasteiger partial charge in [-0.1, -0.05) is 13.8 Å². The molecule has 5 heteroatoms. The molecule has 19 heavy (non-hydrogen) atoms. The Morgan fingerprint density at radius 1 is 1.42 bits per heavy atom. The molecule has 0 bridgehead atoms. The Morgan fingerprint density at radius 3 is 2.79 bits per heavy atom. The summed E-state index contributed by atoms with van der Waals surface area (Å²) in [5, 5.41) is 3.21. The van der Waals surface area contributed by atoms with Crippen LogP contribution in [-0.4, -0.2) is 25.7 Å². The monoisotopic (exact) mass is 265 g/mol. The van der Waals surface area contributed by atoms with E-state index in [1.807, 2.05) is 6.07 Å². The third-order valence-corrected chi connectivity index (χ3v) is 2.56. The number of hydrogen-bond donors (Lipinski definition) is 3. The van der Waals surface area contributed by atoms with Gasteiger partial charge in [-0.2, -0.15) is 0 Å². The van der Waals surface area contributed by atoms with Crippen molar-refractivity contribution in [2.75, 3.05) is 30.8 Å². The maximum atomic E-state index is 11.1. The molecule has 0 saturated heterocycles. The van der Waals surface area contributed by atoms with Crippen molar-refractivity contribution < 1.29 is 9.53 Å². The van der Waals surface area contributed by atoms with Crippen LogP contribution in [0.1, 0.15) is 30.6 Å². The lowest BCUT2D eigenvalue weighted by Gasteiger charge is -2.10. The quantitative estimate of drug-likeness (QED) is 0.494. The molecular formula is C14H23N3O2. The minimum absolute atomic E-state index is 0.348. The number of anilines is 2. The van der Waals surface area contributed by atoms with Crippen LogP contribution >= 0.6 is 0 Å². The number of nitrogens with one attached hydrogen (secondary N) is 1. The first-order valence-electron chi connectivity index (χ1n) is 6.51. The Hall–Kier alpha value is -1.75. The Morgan fingerprint density at radius 2 is 2.16 bits per heavy atom. The summed E-state index contributed by atoms with van der Waals surface area (Å²) in [5.74, 6) is 0.0459. The van der Waals surface area contributed by atoms with Gasteiger partial charge in [0.2, 0.25) is 0 Å². The van der Waals surface area contributed by atoms with E-state index in [1.165, 1.54) is 0 Å². The number of amides is 1. The van der Waals surface area contributed by atoms with E-state index in [0.717, 1.165) is 31.9 Å². The third-order valence-electron chi connectivity index (χ3n) is 2.56. The third kappa shape index (κ3) is 5.61. The molecule has 0 atom stereocenters. The van der Waals surface area contributed by atoms with Gasteiger partial charge in [-0.05, 0) is 30.5 Å². The van der Waals surface area contributed by atoms with Crippen LogP contribution in [0.3, 0.4) is 0 Å². The van der Waals surface area contributed by atoms with Crippen LogP contribution in [0, 0.1) is 5.92 Å². The van der Waals surface area contributed by atoms with Gasteiger partial charge in [0.15, 0.2) is 0 Å². The van der Waals surface area contributed by atoms with E-state index >= 15 is 0 Å². The number of nitrogens with two attached hydrogens (primary N) is 2. The fourth-order valence-corrected chi connectivity index (χ4v) is 1.61. The molecule has 0 fully saturated rings. The second-order valence-corrected chi connectivity index (χ2v) is 4.92. The standard InChI is InChI=1S/C14H23N3O2/c1-10(2)9-19-7-3-6-17-11-4-5-13(15)12(8-11)14(16)18/h4-5,8,10,17H,3,6-7,9,15H2,1-2H3,(H2,16,18). The Kier molecular flexibility index (Phi) is 6.15. The van der Waals surface area contributed by atoms with Gasteiger partial charge in [-0.25, -0.2) is 0 Å². The first kappa shape index (κ1) is 15.3. The zero-order chi connectivity index (χ0) is 14.3. The van der Waals surface area contributed by atoms with E-state index in [-0.39, 0.29) is 0 Å². The SMILES string of the molecule is CC(C)COCCCNc1ccc(N)c(C(N)=O)c1. The van der Waals surface area contributed by atoms with E-state index in [4.69, 9.17) is 16.2 Å². The lowest BCUT2D eigenvalue weighted by molar-refractivity contribution is 0.100. The van der Waals surface area contributed by atoms with Gasteiger partial charge < -0.3 is 21.5 Å². The van der Waals surface area contributed by atoms with Gasteiger partial charge in [0, 0.05) is 31.1 Å². The van der Waals surface area contributed by atoms with E-state index < -0.39 is 5.91 Å². The topological polar surface area (TPSA) is 90.4 Å². The number of nitrogen functional groups attached to an aromatic ring is 1. The highest BCUT2D eigenvalue weighted by atomic mass is 16.5. The summed E-state index contributed by atoms with van der Waals surface area (Å²) in [5.41, 5.74) is 12.5. The summed E-state index contributed by atoms with van der Waals surface area (Å²) in [6.45, 7) is 6.53. The van der Waals surface area contributed by atoms with Gasteiger partial charge >= 0.3 is 0 Å². The van der Waals surface area contributed by atoms with Crippen molar-refractivity contribution in [1.82, 2.24) is 0 Å². The highest BCUT2D eigenvalue weighted by Gasteiger charge is 2.06. The number of primary amides is 1. The Balaban J connectivity index is 2.34. The molecule has 0 spiro atoms. The first-order valence-corrected chi connectivity index (χ1v) is 6.51. The molecule has 0 aliphatic carbocycles. The molecule has 0 radical (unpaired) electrons. The average Bonchev–Trinajstić information content (AvgIpc) is 2.34. The minimum Gasteiger partial charge on any atom is -0.398 e. The molecule has 0 heterocycles. The van der Waals surface area contributed by atoms with Crippen LogP contribution in [0.25, 0.3) is 0 Å². The molecule has 0 aliphatic heterocycles. The number of benzene rings is 1. The second-order valence-electron chi connectivity index (χ2n) is 4.92. The number of hydrogen-bond acceptors (Lipinski definition) is 4. The van der Waals surface area contributed by atoms with Gasteiger partial charge in [-0.15, -0.1) is 0 Å². The summed E-state index contributed by atoms with van der Waals surface area (Å²) >= 11 is 0. The van der Waals surface area contributed by atoms with Gasteiger partial charge in [0.05, 0.1) is 5.56 Å². The van der Waals surface area contributed by atoms with Crippen molar-refractivity contribution >= 4 is 17.3 Å². The highest BCUT2D eigenvalue weighted by Crippen LogP contribution is 2.17. The van der Waals surface area contributed by atoms with Crippen LogP contribution < -0.4 is 16.8 Å². The fourth-order valence-electron chi connectivity index (χ4n) is 1.61. The summed E-state index contributed by atoms with van der Waals surface area (Å²) in [4.78, 5) is 11.1. The summed E-state index contributed by atoms with van der Waals surface area (Å²) < 4.78 is 5.48. The normalized spacial score (nSPS) is 10.7. The van der Waals surface area contributed by atoms with Gasteiger partial charge in [0.25, 0.3) is 5.91 Å². The van der Waals surface area contributed by atoms with Crippen LogP contribution in [0.5, 0.6) is 0 Å². The van der Waals surface area contributed by atoms with E-state index in [2.05, 4.69) is 19.2 Å². The molecule has 1 rings (SSSR count). The summed E-state index contributed by atoms with van der Waals surface area (Å²) in [6.07, 6.45) is 0.906. The van der Waals surface area contributed by atoms with Crippen molar-refractivity contribution in [1.29, 1.82) is 0 Å². The smallest absolute Gasteiger partial charge is 0.250 e. The molecule has 1 aromatic rings. The van der Waals surface area contributed by atoms with E-state index in [1.54, 1.807) is 12.1 Å². The number of carbonyl (C=O) groups excluding carboxylic acids is 1. The number of carbonyl (C=O) groups is 1. The van der Waals surface area contributed by atoms with Crippen molar-refractivity contribution in [2.45, 2.75) is 20.3 Å². The molecule has 1 aromatic carbocycles. The van der Waals surface area contributed by atoms with Crippen LogP contribution in [0.15, 0.2) is 18.2 Å². The molecule has 0 aliphatic rings. The largest absolute Gasteiger partial charge is 0.398 e. The van der Waals surface area contributed by atoms with Crippen molar-refractivity contribution in [3.63, 3.8) is 0 Å². The second kappa shape index (κ2) is 7.63. The molecule has 1 amide bonds. The number of ether oxygens (including phenoxy) is 1. The lowest BCUT2D eigenvalue weighted by atomic mass is 10.1. The fraction of sp³-hybridized carbons (Fsp3) is 0.500. The average molecular weight is 265 g/mol. The van der Waals surface area contributed by atoms with Crippen molar-refractivity contribution in [3.05, 3.63) is 23.8 Å². The molecule has 0 aromatic heterocycles. The highest BCUT2D eigenvalue weighted by molar-refractivity contribution is 5.98. The van der Waals surface area contributed by atoms with Crippen LogP contribution in [0.2, 0.25) is 0 Å². The molecule has 106 valence electrons. The Bertz CT molecular complexity index is 419. The lowest BCUT2D eigenvalue weighted by Crippen LogP contribution is -2.14. The molecule has 0 saturated carbocycles. The first-order chi connectivity index (χ1) is 9.00. The van der Waals surface area contributed by atoms with Gasteiger partial charge in [-0.3, -0.25) is 4.79 Å². The molecule has 0 unspecified atom stereocenters. The van der Waals surface area contributed by atoms with Crippen molar-refractivity contribution in [3.8, 4) is 0 Å². The van der Waals surface area contributed by atoms with Gasteiger partial charge in [0.1, 0.15) is 0 Å². The predicted molar refractivity (Wildman–Crippen MR) is 78.1 cm³/mol. The van der Waals surface area contributed by atoms with E-state index in [9.17, 15) is 4.79 Å². The van der Waals surface area contributed by atoms with Crippen molar-refractivity contribution in [2.24, 2.45) is 11.7 Å². The summed E-state index contributed by atoms with van der Waals surface area (Å²) in [6, 6.07) is 5.18. The predicted octanol–water partition coefficient (Wildman–Crippen LogP) is 1.84. The maximum absolute atomic E-state index is 11.1. The van der Waals surface area contributed by atoms with Crippen LogP contribution in [-0.2, 0) is 4.74 Å².